The van der Waals surface area contributed by atoms with E-state index in [-0.39, 0.29) is 11.8 Å². The summed E-state index contributed by atoms with van der Waals surface area (Å²) in [5.74, 6) is 1.76. The van der Waals surface area contributed by atoms with Crippen molar-refractivity contribution in [3.63, 3.8) is 0 Å². The number of aryl methyl sites for hydroxylation is 1. The van der Waals surface area contributed by atoms with E-state index < -0.39 is 0 Å². The summed E-state index contributed by atoms with van der Waals surface area (Å²) in [6.07, 6.45) is 5.47. The summed E-state index contributed by atoms with van der Waals surface area (Å²) < 4.78 is 10.6. The van der Waals surface area contributed by atoms with Crippen molar-refractivity contribution in [2.75, 3.05) is 19.6 Å². The van der Waals surface area contributed by atoms with Crippen LogP contribution in [0.5, 0.6) is 0 Å². The van der Waals surface area contributed by atoms with Crippen LogP contribution in [0, 0.1) is 6.92 Å². The van der Waals surface area contributed by atoms with Gasteiger partial charge in [0.15, 0.2) is 5.76 Å². The van der Waals surface area contributed by atoms with Crippen LogP contribution in [0.15, 0.2) is 39.6 Å². The Balaban J connectivity index is 1.37. The highest BCUT2D eigenvalue weighted by atomic mass is 16.5. The van der Waals surface area contributed by atoms with Crippen LogP contribution < -0.4 is 5.32 Å². The molecule has 1 amide bonds. The Morgan fingerprint density at radius 3 is 3.19 bits per heavy atom. The highest BCUT2D eigenvalue weighted by molar-refractivity contribution is 5.78. The number of hydrogen-bond donors (Lipinski definition) is 2. The molecule has 142 valence electrons. The zero-order chi connectivity index (χ0) is 18.6. The number of rotatable bonds is 6. The van der Waals surface area contributed by atoms with Crippen molar-refractivity contribution in [1.82, 2.24) is 25.6 Å². The number of nitrogens with zero attached hydrogens (tertiary/aromatic N) is 3. The van der Waals surface area contributed by atoms with Gasteiger partial charge in [-0.05, 0) is 38.4 Å². The Kier molecular flexibility index (Phi) is 5.06. The second-order valence-electron chi connectivity index (χ2n) is 6.96. The van der Waals surface area contributed by atoms with Crippen LogP contribution in [0.3, 0.4) is 0 Å². The fourth-order valence-corrected chi connectivity index (χ4v) is 3.59. The topological polar surface area (TPSA) is 100 Å². The summed E-state index contributed by atoms with van der Waals surface area (Å²) in [6, 6.07) is 5.58. The summed E-state index contributed by atoms with van der Waals surface area (Å²) in [6.45, 7) is 4.41. The largest absolute Gasteiger partial charge is 0.467 e. The first-order valence-corrected chi connectivity index (χ1v) is 9.17. The van der Waals surface area contributed by atoms with Crippen molar-refractivity contribution < 1.29 is 13.7 Å². The predicted molar refractivity (Wildman–Crippen MR) is 97.8 cm³/mol. The van der Waals surface area contributed by atoms with E-state index in [4.69, 9.17) is 8.94 Å². The number of nitrogens with one attached hydrogen (secondary N) is 2. The minimum Gasteiger partial charge on any atom is -0.467 e. The molecule has 2 N–H and O–H groups in total. The van der Waals surface area contributed by atoms with E-state index in [9.17, 15) is 4.79 Å². The van der Waals surface area contributed by atoms with Crippen LogP contribution in [0.25, 0.3) is 11.3 Å². The van der Waals surface area contributed by atoms with Gasteiger partial charge < -0.3 is 14.3 Å². The van der Waals surface area contributed by atoms with Gasteiger partial charge >= 0.3 is 0 Å². The molecule has 3 aromatic heterocycles. The Labute approximate surface area is 156 Å². The van der Waals surface area contributed by atoms with Crippen molar-refractivity contribution in [2.45, 2.75) is 32.2 Å². The smallest absolute Gasteiger partial charge is 0.234 e. The van der Waals surface area contributed by atoms with Crippen LogP contribution in [-0.2, 0) is 11.3 Å². The molecule has 0 spiro atoms. The van der Waals surface area contributed by atoms with Gasteiger partial charge in [-0.15, -0.1) is 0 Å². The molecule has 0 aromatic carbocycles. The van der Waals surface area contributed by atoms with E-state index in [2.05, 4.69) is 25.6 Å². The number of H-pyrrole nitrogens is 1. The quantitative estimate of drug-likeness (QED) is 0.692. The van der Waals surface area contributed by atoms with Gasteiger partial charge in [-0.2, -0.15) is 5.10 Å². The summed E-state index contributed by atoms with van der Waals surface area (Å²) in [4.78, 5) is 14.4. The first-order valence-electron chi connectivity index (χ1n) is 9.17. The van der Waals surface area contributed by atoms with Gasteiger partial charge in [-0.3, -0.25) is 14.8 Å². The van der Waals surface area contributed by atoms with Crippen LogP contribution in [-0.4, -0.2) is 45.8 Å². The predicted octanol–water partition coefficient (Wildman–Crippen LogP) is 2.46. The van der Waals surface area contributed by atoms with E-state index in [1.54, 1.807) is 12.5 Å². The third kappa shape index (κ3) is 4.11. The molecule has 1 aliphatic heterocycles. The average molecular weight is 369 g/mol. The molecule has 8 nitrogen and oxygen atoms in total. The fraction of sp³-hybridized carbons (Fsp3) is 0.421. The van der Waals surface area contributed by atoms with Gasteiger partial charge in [0.05, 0.1) is 42.5 Å². The molecule has 27 heavy (non-hydrogen) atoms. The van der Waals surface area contributed by atoms with Crippen molar-refractivity contribution in [1.29, 1.82) is 0 Å². The lowest BCUT2D eigenvalue weighted by Crippen LogP contribution is -2.41. The molecule has 1 saturated heterocycles. The molecule has 0 radical (unpaired) electrons. The molecule has 0 unspecified atom stereocenters. The Hall–Kier alpha value is -2.87. The lowest BCUT2D eigenvalue weighted by molar-refractivity contribution is -0.122. The Morgan fingerprint density at radius 2 is 2.41 bits per heavy atom. The summed E-state index contributed by atoms with van der Waals surface area (Å²) in [5, 5.41) is 14.2. The maximum atomic E-state index is 12.3. The van der Waals surface area contributed by atoms with Gasteiger partial charge in [0, 0.05) is 18.5 Å². The third-order valence-corrected chi connectivity index (χ3v) is 4.88. The van der Waals surface area contributed by atoms with Crippen molar-refractivity contribution >= 4 is 5.91 Å². The number of aromatic amines is 1. The minimum absolute atomic E-state index is 0.00254. The molecule has 3 aromatic rings. The molecule has 1 fully saturated rings. The second-order valence-corrected chi connectivity index (χ2v) is 6.96. The highest BCUT2D eigenvalue weighted by Gasteiger charge is 2.27. The number of furan rings is 1. The van der Waals surface area contributed by atoms with E-state index in [0.717, 1.165) is 54.4 Å². The Bertz CT molecular complexity index is 883. The fourth-order valence-electron chi connectivity index (χ4n) is 3.59. The van der Waals surface area contributed by atoms with Crippen molar-refractivity contribution in [2.24, 2.45) is 0 Å². The van der Waals surface area contributed by atoms with Crippen LogP contribution in [0.1, 0.15) is 35.9 Å². The molecular weight excluding hydrogens is 346 g/mol. The standard InChI is InChI=1S/C19H23N5O3/c1-13-8-17(27-23-13)16-10-21-22-19(16)14-4-2-6-24(11-14)12-18(25)20-9-15-5-3-7-26-15/h3,5,7-8,10,14H,2,4,6,9,11-12H2,1H3,(H,20,25)(H,21,22)/t14-/m0/s1. The number of carbonyl (C=O) groups is 1. The van der Waals surface area contributed by atoms with Crippen molar-refractivity contribution in [3.8, 4) is 11.3 Å². The first-order chi connectivity index (χ1) is 13.2. The molecule has 0 aliphatic carbocycles. The number of likely N-dealkylation sites (tertiary alicyclic amines) is 1. The monoisotopic (exact) mass is 369 g/mol. The minimum atomic E-state index is 0.00254. The molecular formula is C19H23N5O3. The van der Waals surface area contributed by atoms with Gasteiger partial charge in [-0.25, -0.2) is 0 Å². The molecule has 4 rings (SSSR count). The second kappa shape index (κ2) is 7.79. The van der Waals surface area contributed by atoms with E-state index in [0.29, 0.717) is 13.1 Å². The SMILES string of the molecule is Cc1cc(-c2cn[nH]c2[C@H]2CCCN(CC(=O)NCc3ccco3)C2)on1. The summed E-state index contributed by atoms with van der Waals surface area (Å²) >= 11 is 0. The lowest BCUT2D eigenvalue weighted by atomic mass is 9.92. The van der Waals surface area contributed by atoms with Gasteiger partial charge in [0.25, 0.3) is 0 Å². The summed E-state index contributed by atoms with van der Waals surface area (Å²) in [7, 11) is 0. The lowest BCUT2D eigenvalue weighted by Gasteiger charge is -2.32. The van der Waals surface area contributed by atoms with Gasteiger partial charge in [0.1, 0.15) is 5.76 Å². The maximum Gasteiger partial charge on any atom is 0.234 e. The average Bonchev–Trinajstić information content (AvgIpc) is 3.41. The summed E-state index contributed by atoms with van der Waals surface area (Å²) in [5.41, 5.74) is 2.84. The van der Waals surface area contributed by atoms with E-state index >= 15 is 0 Å². The zero-order valence-electron chi connectivity index (χ0n) is 15.3. The molecule has 1 atom stereocenters. The molecule has 0 saturated carbocycles. The molecule has 8 heteroatoms. The van der Waals surface area contributed by atoms with Gasteiger partial charge in [0.2, 0.25) is 5.91 Å². The van der Waals surface area contributed by atoms with Crippen LogP contribution in [0.2, 0.25) is 0 Å². The number of piperidine rings is 1. The third-order valence-electron chi connectivity index (χ3n) is 4.88. The van der Waals surface area contributed by atoms with E-state index in [1.165, 1.54) is 0 Å². The molecule has 4 heterocycles. The molecule has 1 aliphatic rings. The number of amides is 1. The Morgan fingerprint density at radius 1 is 1.48 bits per heavy atom. The van der Waals surface area contributed by atoms with E-state index in [1.807, 2.05) is 25.1 Å². The number of aromatic nitrogens is 3. The number of carbonyl (C=O) groups excluding carboxylic acids is 1. The molecule has 0 bridgehead atoms. The van der Waals surface area contributed by atoms with Gasteiger partial charge in [-0.1, -0.05) is 5.16 Å². The zero-order valence-corrected chi connectivity index (χ0v) is 15.3. The van der Waals surface area contributed by atoms with Crippen LogP contribution in [0.4, 0.5) is 0 Å². The first kappa shape index (κ1) is 17.5. The van der Waals surface area contributed by atoms with Crippen molar-refractivity contribution in [3.05, 3.63) is 47.8 Å². The van der Waals surface area contributed by atoms with Crippen LogP contribution >= 0.6 is 0 Å². The highest BCUT2D eigenvalue weighted by Crippen LogP contribution is 2.33. The number of hydrogen-bond acceptors (Lipinski definition) is 6. The maximum absolute atomic E-state index is 12.3. The normalized spacial score (nSPS) is 17.9.